The van der Waals surface area contributed by atoms with Crippen LogP contribution in [0.2, 0.25) is 0 Å². The predicted molar refractivity (Wildman–Crippen MR) is 86.0 cm³/mol. The lowest BCUT2D eigenvalue weighted by Gasteiger charge is -2.15. The molecule has 1 fully saturated rings. The molecule has 4 heteroatoms. The summed E-state index contributed by atoms with van der Waals surface area (Å²) < 4.78 is 0. The van der Waals surface area contributed by atoms with Gasteiger partial charge in [-0.15, -0.1) is 11.8 Å². The molecule has 0 unspecified atom stereocenters. The first-order valence-electron chi connectivity index (χ1n) is 7.39. The predicted octanol–water partition coefficient (Wildman–Crippen LogP) is 3.64. The van der Waals surface area contributed by atoms with Crippen LogP contribution in [0.25, 0.3) is 0 Å². The van der Waals surface area contributed by atoms with E-state index in [0.29, 0.717) is 0 Å². The molecular formula is C16H24N2OS. The van der Waals surface area contributed by atoms with Crippen molar-refractivity contribution >= 4 is 23.4 Å². The van der Waals surface area contributed by atoms with Gasteiger partial charge in [-0.2, -0.15) is 0 Å². The number of nitrogens with two attached hydrogens (primary N) is 1. The number of nitrogens with one attached hydrogen (secondary N) is 1. The van der Waals surface area contributed by atoms with Gasteiger partial charge in [0, 0.05) is 15.8 Å². The van der Waals surface area contributed by atoms with Crippen LogP contribution in [0.1, 0.15) is 39.5 Å². The number of rotatable bonds is 5. The van der Waals surface area contributed by atoms with Crippen LogP contribution in [0.5, 0.6) is 0 Å². The maximum Gasteiger partial charge on any atom is 0.241 e. The topological polar surface area (TPSA) is 55.1 Å². The average Bonchev–Trinajstić information content (AvgIpc) is 2.92. The second-order valence-electron chi connectivity index (χ2n) is 5.81. The normalized spacial score (nSPS) is 17.4. The fourth-order valence-corrected chi connectivity index (χ4v) is 3.59. The summed E-state index contributed by atoms with van der Waals surface area (Å²) in [7, 11) is 0. The van der Waals surface area contributed by atoms with E-state index in [2.05, 4.69) is 17.4 Å². The molecule has 110 valence electrons. The number of carbonyl (C=O) groups is 1. The highest BCUT2D eigenvalue weighted by Crippen LogP contribution is 2.34. The van der Waals surface area contributed by atoms with Crippen molar-refractivity contribution in [3.8, 4) is 0 Å². The van der Waals surface area contributed by atoms with Gasteiger partial charge < -0.3 is 11.1 Å². The molecule has 0 saturated heterocycles. The summed E-state index contributed by atoms with van der Waals surface area (Å²) in [5.41, 5.74) is 6.65. The molecule has 1 aliphatic rings. The number of thioether (sulfide) groups is 1. The second-order valence-corrected chi connectivity index (χ2v) is 7.18. The molecule has 1 saturated carbocycles. The zero-order valence-electron chi connectivity index (χ0n) is 12.3. The summed E-state index contributed by atoms with van der Waals surface area (Å²) in [6.45, 7) is 3.90. The highest BCUT2D eigenvalue weighted by Gasteiger charge is 2.18. The van der Waals surface area contributed by atoms with Crippen LogP contribution >= 0.6 is 11.8 Å². The molecule has 2 rings (SSSR count). The minimum atomic E-state index is -0.456. The Labute approximate surface area is 125 Å². The van der Waals surface area contributed by atoms with E-state index < -0.39 is 6.04 Å². The van der Waals surface area contributed by atoms with Gasteiger partial charge in [0.15, 0.2) is 0 Å². The van der Waals surface area contributed by atoms with Crippen molar-refractivity contribution in [2.75, 3.05) is 5.32 Å². The van der Waals surface area contributed by atoms with Crippen LogP contribution in [-0.4, -0.2) is 17.2 Å². The molecule has 1 aromatic carbocycles. The van der Waals surface area contributed by atoms with Crippen molar-refractivity contribution in [3.05, 3.63) is 24.3 Å². The van der Waals surface area contributed by atoms with Crippen LogP contribution in [-0.2, 0) is 4.79 Å². The Kier molecular flexibility index (Phi) is 5.49. The highest BCUT2D eigenvalue weighted by atomic mass is 32.2. The van der Waals surface area contributed by atoms with Crippen LogP contribution in [0, 0.1) is 5.92 Å². The summed E-state index contributed by atoms with van der Waals surface area (Å²) >= 11 is 1.95. The second kappa shape index (κ2) is 7.14. The molecule has 1 aliphatic carbocycles. The van der Waals surface area contributed by atoms with E-state index >= 15 is 0 Å². The van der Waals surface area contributed by atoms with E-state index in [4.69, 9.17) is 5.73 Å². The van der Waals surface area contributed by atoms with Gasteiger partial charge in [-0.1, -0.05) is 26.7 Å². The van der Waals surface area contributed by atoms with Gasteiger partial charge in [0.2, 0.25) is 5.91 Å². The monoisotopic (exact) mass is 292 g/mol. The molecule has 0 heterocycles. The lowest BCUT2D eigenvalue weighted by molar-refractivity contribution is -0.118. The molecule has 1 amide bonds. The smallest absolute Gasteiger partial charge is 0.241 e. The number of benzene rings is 1. The highest BCUT2D eigenvalue weighted by molar-refractivity contribution is 8.00. The van der Waals surface area contributed by atoms with Crippen LogP contribution < -0.4 is 11.1 Å². The van der Waals surface area contributed by atoms with Gasteiger partial charge in [-0.3, -0.25) is 4.79 Å². The van der Waals surface area contributed by atoms with E-state index in [1.807, 2.05) is 37.7 Å². The van der Waals surface area contributed by atoms with Gasteiger partial charge in [0.05, 0.1) is 6.04 Å². The number of hydrogen-bond acceptors (Lipinski definition) is 3. The maximum absolute atomic E-state index is 11.9. The van der Waals surface area contributed by atoms with E-state index in [0.717, 1.165) is 10.9 Å². The summed E-state index contributed by atoms with van der Waals surface area (Å²) in [5, 5.41) is 3.64. The molecule has 0 aliphatic heterocycles. The number of carbonyl (C=O) groups excluding carboxylic acids is 1. The molecule has 0 bridgehead atoms. The summed E-state index contributed by atoms with van der Waals surface area (Å²) in [6, 6.07) is 7.63. The SMILES string of the molecule is CC(C)[C@@H](N)C(=O)Nc1ccc(SC2CCCC2)cc1. The molecule has 0 spiro atoms. The molecule has 1 aromatic rings. The van der Waals surface area contributed by atoms with Crippen molar-refractivity contribution in [2.45, 2.75) is 55.7 Å². The Morgan fingerprint density at radius 2 is 1.85 bits per heavy atom. The van der Waals surface area contributed by atoms with Crippen molar-refractivity contribution in [1.82, 2.24) is 0 Å². The van der Waals surface area contributed by atoms with Crippen LogP contribution in [0.3, 0.4) is 0 Å². The van der Waals surface area contributed by atoms with E-state index in [-0.39, 0.29) is 11.8 Å². The van der Waals surface area contributed by atoms with Gasteiger partial charge >= 0.3 is 0 Å². The zero-order chi connectivity index (χ0) is 14.5. The fourth-order valence-electron chi connectivity index (χ4n) is 2.34. The molecule has 20 heavy (non-hydrogen) atoms. The van der Waals surface area contributed by atoms with E-state index in [1.54, 1.807) is 0 Å². The molecule has 3 nitrogen and oxygen atoms in total. The zero-order valence-corrected chi connectivity index (χ0v) is 13.1. The van der Waals surface area contributed by atoms with Crippen molar-refractivity contribution in [2.24, 2.45) is 11.7 Å². The molecular weight excluding hydrogens is 268 g/mol. The molecule has 0 aromatic heterocycles. The summed E-state index contributed by atoms with van der Waals surface area (Å²) in [5.74, 6) is 0.0309. The van der Waals surface area contributed by atoms with E-state index in [1.165, 1.54) is 30.6 Å². The first kappa shape index (κ1) is 15.4. The van der Waals surface area contributed by atoms with Gasteiger partial charge in [-0.05, 0) is 43.0 Å². The third-order valence-corrected chi connectivity index (χ3v) is 5.10. The lowest BCUT2D eigenvalue weighted by Crippen LogP contribution is -2.39. The average molecular weight is 292 g/mol. The quantitative estimate of drug-likeness (QED) is 0.871. The van der Waals surface area contributed by atoms with Crippen LogP contribution in [0.4, 0.5) is 5.69 Å². The van der Waals surface area contributed by atoms with Gasteiger partial charge in [0.25, 0.3) is 0 Å². The number of amides is 1. The summed E-state index contributed by atoms with van der Waals surface area (Å²) in [4.78, 5) is 13.2. The standard InChI is InChI=1S/C16H24N2OS/c1-11(2)15(17)16(19)18-12-7-9-14(10-8-12)20-13-5-3-4-6-13/h7-11,13,15H,3-6,17H2,1-2H3,(H,18,19)/t15-/m1/s1. The Morgan fingerprint density at radius 1 is 1.25 bits per heavy atom. The van der Waals surface area contributed by atoms with Crippen molar-refractivity contribution in [1.29, 1.82) is 0 Å². The third-order valence-electron chi connectivity index (χ3n) is 3.75. The maximum atomic E-state index is 11.9. The van der Waals surface area contributed by atoms with Crippen molar-refractivity contribution < 1.29 is 4.79 Å². The number of hydrogen-bond donors (Lipinski definition) is 2. The minimum Gasteiger partial charge on any atom is -0.325 e. The Balaban J connectivity index is 1.89. The third kappa shape index (κ3) is 4.25. The summed E-state index contributed by atoms with van der Waals surface area (Å²) in [6.07, 6.45) is 5.37. The van der Waals surface area contributed by atoms with Crippen LogP contribution in [0.15, 0.2) is 29.2 Å². The van der Waals surface area contributed by atoms with Gasteiger partial charge in [-0.25, -0.2) is 0 Å². The molecule has 1 atom stereocenters. The Morgan fingerprint density at radius 3 is 2.40 bits per heavy atom. The first-order chi connectivity index (χ1) is 9.56. The molecule has 0 radical (unpaired) electrons. The largest absolute Gasteiger partial charge is 0.325 e. The van der Waals surface area contributed by atoms with E-state index in [9.17, 15) is 4.79 Å². The Bertz CT molecular complexity index is 438. The fraction of sp³-hybridized carbons (Fsp3) is 0.562. The minimum absolute atomic E-state index is 0.115. The Hall–Kier alpha value is -1.00. The molecule has 3 N–H and O–H groups in total. The number of anilines is 1. The lowest BCUT2D eigenvalue weighted by atomic mass is 10.1. The first-order valence-corrected chi connectivity index (χ1v) is 8.27. The van der Waals surface area contributed by atoms with Gasteiger partial charge in [0.1, 0.15) is 0 Å². The van der Waals surface area contributed by atoms with Crippen molar-refractivity contribution in [3.63, 3.8) is 0 Å².